The topological polar surface area (TPSA) is 49.8 Å². The highest BCUT2D eigenvalue weighted by Crippen LogP contribution is 2.09. The summed E-state index contributed by atoms with van der Waals surface area (Å²) in [6, 6.07) is 1.96. The normalized spacial score (nSPS) is 10.5. The predicted octanol–water partition coefficient (Wildman–Crippen LogP) is 2.76. The molecule has 1 heterocycles. The molecule has 0 saturated heterocycles. The molecule has 0 bridgehead atoms. The van der Waals surface area contributed by atoms with E-state index in [-0.39, 0.29) is 0 Å². The molecular weight excluding hydrogens is 200 g/mol. The van der Waals surface area contributed by atoms with Crippen LogP contribution in [0.15, 0.2) is 12.4 Å². The number of hydrogen-bond acceptors (Lipinski definition) is 4. The van der Waals surface area contributed by atoms with Crippen molar-refractivity contribution in [3.05, 3.63) is 12.4 Å². The Labute approximate surface area is 97.9 Å². The van der Waals surface area contributed by atoms with Crippen molar-refractivity contribution in [1.82, 2.24) is 9.97 Å². The van der Waals surface area contributed by atoms with E-state index in [1.807, 2.05) is 6.07 Å². The second-order valence-electron chi connectivity index (χ2n) is 4.34. The molecule has 0 fully saturated rings. The summed E-state index contributed by atoms with van der Waals surface area (Å²) in [5, 5.41) is 6.57. The van der Waals surface area contributed by atoms with Crippen molar-refractivity contribution < 1.29 is 0 Å². The summed E-state index contributed by atoms with van der Waals surface area (Å²) < 4.78 is 0. The average Bonchev–Trinajstić information content (AvgIpc) is 2.27. The molecule has 0 aliphatic rings. The van der Waals surface area contributed by atoms with E-state index in [1.54, 1.807) is 6.33 Å². The van der Waals surface area contributed by atoms with Gasteiger partial charge in [0.05, 0.1) is 0 Å². The van der Waals surface area contributed by atoms with Gasteiger partial charge in [-0.3, -0.25) is 0 Å². The van der Waals surface area contributed by atoms with Crippen LogP contribution in [0.2, 0.25) is 0 Å². The Bertz CT molecular complexity index is 299. The third-order valence-corrected chi connectivity index (χ3v) is 2.19. The average molecular weight is 222 g/mol. The van der Waals surface area contributed by atoms with Crippen molar-refractivity contribution in [3.8, 4) is 0 Å². The van der Waals surface area contributed by atoms with Gasteiger partial charge in [-0.1, -0.05) is 27.2 Å². The van der Waals surface area contributed by atoms with E-state index in [1.165, 1.54) is 12.8 Å². The third-order valence-electron chi connectivity index (χ3n) is 2.19. The number of nitrogens with one attached hydrogen (secondary N) is 2. The van der Waals surface area contributed by atoms with E-state index >= 15 is 0 Å². The minimum absolute atomic E-state index is 0.617. The van der Waals surface area contributed by atoms with Crippen LogP contribution in [-0.4, -0.2) is 23.1 Å². The van der Waals surface area contributed by atoms with Crippen molar-refractivity contribution in [2.24, 2.45) is 5.92 Å². The summed E-state index contributed by atoms with van der Waals surface area (Å²) >= 11 is 0. The van der Waals surface area contributed by atoms with Gasteiger partial charge in [-0.15, -0.1) is 0 Å². The molecule has 16 heavy (non-hydrogen) atoms. The highest BCUT2D eigenvalue weighted by atomic mass is 15.1. The fourth-order valence-corrected chi connectivity index (χ4v) is 1.25. The minimum atomic E-state index is 0.617. The molecule has 0 amide bonds. The number of anilines is 2. The van der Waals surface area contributed by atoms with Crippen LogP contribution in [0.3, 0.4) is 0 Å². The Morgan fingerprint density at radius 1 is 1.19 bits per heavy atom. The smallest absolute Gasteiger partial charge is 0.131 e. The Morgan fingerprint density at radius 2 is 1.88 bits per heavy atom. The van der Waals surface area contributed by atoms with Gasteiger partial charge in [-0.25, -0.2) is 9.97 Å². The maximum atomic E-state index is 4.18. The second kappa shape index (κ2) is 7.04. The molecule has 2 N–H and O–H groups in total. The van der Waals surface area contributed by atoms with Crippen molar-refractivity contribution in [2.45, 2.75) is 33.6 Å². The molecule has 1 rings (SSSR count). The molecule has 0 saturated carbocycles. The monoisotopic (exact) mass is 222 g/mol. The molecule has 0 atom stereocenters. The minimum Gasteiger partial charge on any atom is -0.370 e. The van der Waals surface area contributed by atoms with Crippen molar-refractivity contribution in [2.75, 3.05) is 23.7 Å². The summed E-state index contributed by atoms with van der Waals surface area (Å²) in [6.45, 7) is 8.43. The lowest BCUT2D eigenvalue weighted by Crippen LogP contribution is -2.10. The Hall–Kier alpha value is -1.32. The highest BCUT2D eigenvalue weighted by Gasteiger charge is 1.99. The van der Waals surface area contributed by atoms with Crippen LogP contribution < -0.4 is 10.6 Å². The van der Waals surface area contributed by atoms with Gasteiger partial charge in [0.2, 0.25) is 0 Å². The summed E-state index contributed by atoms with van der Waals surface area (Å²) in [5.41, 5.74) is 0. The molecule has 0 radical (unpaired) electrons. The first kappa shape index (κ1) is 12.7. The van der Waals surface area contributed by atoms with Gasteiger partial charge in [0.15, 0.2) is 0 Å². The van der Waals surface area contributed by atoms with Crippen molar-refractivity contribution in [1.29, 1.82) is 0 Å². The number of rotatable bonds is 7. The molecule has 4 heteroatoms. The zero-order valence-corrected chi connectivity index (χ0v) is 10.5. The lowest BCUT2D eigenvalue weighted by Gasteiger charge is -2.09. The molecule has 1 aromatic heterocycles. The van der Waals surface area contributed by atoms with Crippen LogP contribution in [0, 0.1) is 5.92 Å². The summed E-state index contributed by atoms with van der Waals surface area (Å²) in [4.78, 5) is 8.35. The van der Waals surface area contributed by atoms with Gasteiger partial charge in [-0.2, -0.15) is 0 Å². The van der Waals surface area contributed by atoms with E-state index in [0.717, 1.165) is 24.7 Å². The summed E-state index contributed by atoms with van der Waals surface area (Å²) in [5.74, 6) is 2.41. The number of hydrogen-bond donors (Lipinski definition) is 2. The van der Waals surface area contributed by atoms with E-state index in [2.05, 4.69) is 41.4 Å². The molecule has 0 spiro atoms. The van der Waals surface area contributed by atoms with Crippen LogP contribution in [0.4, 0.5) is 11.6 Å². The lowest BCUT2D eigenvalue weighted by atomic mass is 10.2. The van der Waals surface area contributed by atoms with Gasteiger partial charge >= 0.3 is 0 Å². The van der Waals surface area contributed by atoms with E-state index < -0.39 is 0 Å². The SMILES string of the molecule is CCCCNc1cc(NCC(C)C)ncn1. The largest absolute Gasteiger partial charge is 0.370 e. The van der Waals surface area contributed by atoms with Crippen molar-refractivity contribution in [3.63, 3.8) is 0 Å². The number of nitrogens with zero attached hydrogens (tertiary/aromatic N) is 2. The first-order valence-electron chi connectivity index (χ1n) is 6.02. The molecule has 0 aliphatic heterocycles. The van der Waals surface area contributed by atoms with Gasteiger partial charge in [0.1, 0.15) is 18.0 Å². The fraction of sp³-hybridized carbons (Fsp3) is 0.667. The lowest BCUT2D eigenvalue weighted by molar-refractivity contribution is 0.687. The zero-order valence-electron chi connectivity index (χ0n) is 10.5. The zero-order chi connectivity index (χ0) is 11.8. The van der Waals surface area contributed by atoms with E-state index in [4.69, 9.17) is 0 Å². The maximum Gasteiger partial charge on any atom is 0.131 e. The second-order valence-corrected chi connectivity index (χ2v) is 4.34. The van der Waals surface area contributed by atoms with E-state index in [9.17, 15) is 0 Å². The first-order chi connectivity index (χ1) is 7.72. The standard InChI is InChI=1S/C12H22N4/c1-4-5-6-13-11-7-12(16-9-15-11)14-8-10(2)3/h7,9-10H,4-6,8H2,1-3H3,(H2,13,14,15,16). The van der Waals surface area contributed by atoms with Gasteiger partial charge < -0.3 is 10.6 Å². The van der Waals surface area contributed by atoms with Crippen LogP contribution in [0.1, 0.15) is 33.6 Å². The molecular formula is C12H22N4. The third kappa shape index (κ3) is 4.96. The maximum absolute atomic E-state index is 4.18. The highest BCUT2D eigenvalue weighted by molar-refractivity contribution is 5.46. The molecule has 1 aromatic rings. The first-order valence-corrected chi connectivity index (χ1v) is 6.02. The molecule has 0 aromatic carbocycles. The molecule has 90 valence electrons. The van der Waals surface area contributed by atoms with Gasteiger partial charge in [0, 0.05) is 19.2 Å². The Kier molecular flexibility index (Phi) is 5.61. The van der Waals surface area contributed by atoms with Crippen molar-refractivity contribution >= 4 is 11.6 Å². The number of unbranched alkanes of at least 4 members (excludes halogenated alkanes) is 1. The summed E-state index contributed by atoms with van der Waals surface area (Å²) in [7, 11) is 0. The predicted molar refractivity (Wildman–Crippen MR) is 68.8 cm³/mol. The van der Waals surface area contributed by atoms with E-state index in [0.29, 0.717) is 5.92 Å². The van der Waals surface area contributed by atoms with Crippen LogP contribution in [0.25, 0.3) is 0 Å². The Morgan fingerprint density at radius 3 is 2.50 bits per heavy atom. The van der Waals surface area contributed by atoms with Crippen LogP contribution in [-0.2, 0) is 0 Å². The van der Waals surface area contributed by atoms with Gasteiger partial charge in [0.25, 0.3) is 0 Å². The quantitative estimate of drug-likeness (QED) is 0.696. The van der Waals surface area contributed by atoms with Gasteiger partial charge in [-0.05, 0) is 12.3 Å². The molecule has 0 unspecified atom stereocenters. The van der Waals surface area contributed by atoms with Crippen LogP contribution >= 0.6 is 0 Å². The fourth-order valence-electron chi connectivity index (χ4n) is 1.25. The van der Waals surface area contributed by atoms with Crippen LogP contribution in [0.5, 0.6) is 0 Å². The molecule has 0 aliphatic carbocycles. The Balaban J connectivity index is 2.43. The summed E-state index contributed by atoms with van der Waals surface area (Å²) in [6.07, 6.45) is 3.95. The molecule has 4 nitrogen and oxygen atoms in total. The number of aromatic nitrogens is 2.